The summed E-state index contributed by atoms with van der Waals surface area (Å²) in [5.41, 5.74) is 0.916. The van der Waals surface area contributed by atoms with Crippen LogP contribution in [-0.2, 0) is 9.53 Å². The summed E-state index contributed by atoms with van der Waals surface area (Å²) in [5, 5.41) is 0. The Bertz CT molecular complexity index is 431. The monoisotopic (exact) mass is 288 g/mol. The molecule has 0 aliphatic heterocycles. The van der Waals surface area contributed by atoms with E-state index in [4.69, 9.17) is 4.74 Å². The number of carbonyl (C=O) groups is 1. The van der Waals surface area contributed by atoms with Gasteiger partial charge in [0.25, 0.3) is 0 Å². The number of hydrogen-bond donors (Lipinski definition) is 0. The van der Waals surface area contributed by atoms with Gasteiger partial charge in [0.05, 0.1) is 6.61 Å². The first kappa shape index (κ1) is 14.9. The standard InChI is InChI=1S/C19H28O2/c1-3-15-6-8-16(9-7-15)10-12-21-18(20)14(2)19-11-4-5-17(19)13-19/h3,15-17H,1-2,4-13H2. The Morgan fingerprint density at radius 1 is 1.24 bits per heavy atom. The van der Waals surface area contributed by atoms with E-state index >= 15 is 0 Å². The normalized spacial score (nSPS) is 37.6. The maximum Gasteiger partial charge on any atom is 0.333 e. The summed E-state index contributed by atoms with van der Waals surface area (Å²) in [7, 11) is 0. The van der Waals surface area contributed by atoms with Crippen LogP contribution in [0.3, 0.4) is 0 Å². The van der Waals surface area contributed by atoms with Crippen LogP contribution < -0.4 is 0 Å². The van der Waals surface area contributed by atoms with E-state index in [1.54, 1.807) is 0 Å². The van der Waals surface area contributed by atoms with Crippen molar-refractivity contribution in [3.63, 3.8) is 0 Å². The molecule has 116 valence electrons. The number of ether oxygens (including phenoxy) is 1. The van der Waals surface area contributed by atoms with E-state index in [0.717, 1.165) is 30.3 Å². The maximum atomic E-state index is 12.2. The average Bonchev–Trinajstić information content (AvgIpc) is 3.08. The number of esters is 1. The van der Waals surface area contributed by atoms with E-state index in [2.05, 4.69) is 19.2 Å². The highest BCUT2D eigenvalue weighted by Crippen LogP contribution is 2.67. The van der Waals surface area contributed by atoms with Crippen LogP contribution in [0.25, 0.3) is 0 Å². The van der Waals surface area contributed by atoms with Crippen LogP contribution in [0.4, 0.5) is 0 Å². The molecule has 3 aliphatic rings. The zero-order valence-electron chi connectivity index (χ0n) is 13.1. The summed E-state index contributed by atoms with van der Waals surface area (Å²) in [6.07, 6.45) is 13.0. The fourth-order valence-electron chi connectivity index (χ4n) is 4.57. The molecule has 0 spiro atoms. The van der Waals surface area contributed by atoms with Gasteiger partial charge < -0.3 is 4.74 Å². The number of hydrogen-bond acceptors (Lipinski definition) is 2. The minimum Gasteiger partial charge on any atom is -0.462 e. The number of allylic oxidation sites excluding steroid dienone is 1. The van der Waals surface area contributed by atoms with Gasteiger partial charge in [0, 0.05) is 11.0 Å². The van der Waals surface area contributed by atoms with Crippen molar-refractivity contribution in [1.82, 2.24) is 0 Å². The molecule has 0 aromatic heterocycles. The number of rotatable bonds is 6. The minimum atomic E-state index is -0.126. The fourth-order valence-corrected chi connectivity index (χ4v) is 4.57. The van der Waals surface area contributed by atoms with Gasteiger partial charge in [-0.1, -0.05) is 19.1 Å². The van der Waals surface area contributed by atoms with Crippen LogP contribution in [0.5, 0.6) is 0 Å². The van der Waals surface area contributed by atoms with E-state index in [1.165, 1.54) is 44.9 Å². The van der Waals surface area contributed by atoms with Crippen molar-refractivity contribution in [3.8, 4) is 0 Å². The van der Waals surface area contributed by atoms with E-state index in [9.17, 15) is 4.79 Å². The van der Waals surface area contributed by atoms with E-state index in [0.29, 0.717) is 12.5 Å². The van der Waals surface area contributed by atoms with Crippen molar-refractivity contribution in [1.29, 1.82) is 0 Å². The molecule has 2 unspecified atom stereocenters. The second kappa shape index (κ2) is 5.98. The van der Waals surface area contributed by atoms with E-state index in [-0.39, 0.29) is 11.4 Å². The molecule has 2 nitrogen and oxygen atoms in total. The Labute approximate surface area is 128 Å². The predicted octanol–water partition coefficient (Wildman–Crippen LogP) is 4.66. The van der Waals surface area contributed by atoms with Gasteiger partial charge in [0.1, 0.15) is 0 Å². The molecule has 0 heterocycles. The molecular formula is C19H28O2. The van der Waals surface area contributed by atoms with Crippen LogP contribution in [0.2, 0.25) is 0 Å². The first-order valence-corrected chi connectivity index (χ1v) is 8.65. The maximum absolute atomic E-state index is 12.2. The second-order valence-electron chi connectivity index (χ2n) is 7.37. The summed E-state index contributed by atoms with van der Waals surface area (Å²) < 4.78 is 5.51. The average molecular weight is 288 g/mol. The van der Waals surface area contributed by atoms with Crippen LogP contribution in [-0.4, -0.2) is 12.6 Å². The van der Waals surface area contributed by atoms with E-state index < -0.39 is 0 Å². The fraction of sp³-hybridized carbons (Fsp3) is 0.737. The van der Waals surface area contributed by atoms with Gasteiger partial charge in [-0.3, -0.25) is 0 Å². The Kier molecular flexibility index (Phi) is 4.24. The highest BCUT2D eigenvalue weighted by atomic mass is 16.5. The third-order valence-electron chi connectivity index (χ3n) is 6.24. The molecule has 0 amide bonds. The summed E-state index contributed by atoms with van der Waals surface area (Å²) >= 11 is 0. The highest BCUT2D eigenvalue weighted by molar-refractivity contribution is 5.90. The third-order valence-corrected chi connectivity index (χ3v) is 6.24. The van der Waals surface area contributed by atoms with Crippen molar-refractivity contribution in [2.45, 2.75) is 57.8 Å². The second-order valence-corrected chi connectivity index (χ2v) is 7.37. The van der Waals surface area contributed by atoms with Gasteiger partial charge in [-0.2, -0.15) is 0 Å². The van der Waals surface area contributed by atoms with Gasteiger partial charge in [-0.05, 0) is 69.1 Å². The topological polar surface area (TPSA) is 26.3 Å². The zero-order chi connectivity index (χ0) is 14.9. The lowest BCUT2D eigenvalue weighted by Gasteiger charge is -2.26. The predicted molar refractivity (Wildman–Crippen MR) is 84.8 cm³/mol. The quantitative estimate of drug-likeness (QED) is 0.404. The zero-order valence-corrected chi connectivity index (χ0v) is 13.1. The highest BCUT2D eigenvalue weighted by Gasteiger charge is 2.60. The van der Waals surface area contributed by atoms with Crippen LogP contribution >= 0.6 is 0 Å². The first-order valence-electron chi connectivity index (χ1n) is 8.65. The van der Waals surface area contributed by atoms with Crippen molar-refractivity contribution >= 4 is 5.97 Å². The summed E-state index contributed by atoms with van der Waals surface area (Å²) in [4.78, 5) is 12.2. The molecule has 0 radical (unpaired) electrons. The molecule has 3 saturated carbocycles. The molecule has 0 aromatic rings. The molecule has 0 saturated heterocycles. The van der Waals surface area contributed by atoms with Gasteiger partial charge in [0.2, 0.25) is 0 Å². The molecule has 21 heavy (non-hydrogen) atoms. The molecule has 3 aliphatic carbocycles. The lowest BCUT2D eigenvalue weighted by atomic mass is 9.81. The number of fused-ring (bicyclic) bond motifs is 1. The summed E-state index contributed by atoms with van der Waals surface area (Å²) in [6.45, 7) is 8.51. The molecule has 0 aromatic carbocycles. The Balaban J connectivity index is 1.37. The van der Waals surface area contributed by atoms with Gasteiger partial charge in [-0.25, -0.2) is 4.79 Å². The SMILES string of the molecule is C=CC1CCC(CCOC(=O)C(=C)C23CCCC2C3)CC1. The molecule has 2 atom stereocenters. The van der Waals surface area contributed by atoms with Gasteiger partial charge in [-0.15, -0.1) is 6.58 Å². The van der Waals surface area contributed by atoms with Crippen LogP contribution in [0, 0.1) is 23.2 Å². The molecule has 3 rings (SSSR count). The number of carbonyl (C=O) groups excluding carboxylic acids is 1. The van der Waals surface area contributed by atoms with Crippen molar-refractivity contribution in [2.24, 2.45) is 23.2 Å². The van der Waals surface area contributed by atoms with Crippen LogP contribution in [0.1, 0.15) is 57.8 Å². The third kappa shape index (κ3) is 2.95. The lowest BCUT2D eigenvalue weighted by Crippen LogP contribution is -2.19. The van der Waals surface area contributed by atoms with Crippen LogP contribution in [0.15, 0.2) is 24.8 Å². The molecule has 0 N–H and O–H groups in total. The molecule has 0 bridgehead atoms. The summed E-state index contributed by atoms with van der Waals surface area (Å²) in [6, 6.07) is 0. The van der Waals surface area contributed by atoms with Gasteiger partial charge >= 0.3 is 5.97 Å². The van der Waals surface area contributed by atoms with E-state index in [1.807, 2.05) is 0 Å². The minimum absolute atomic E-state index is 0.126. The first-order chi connectivity index (χ1) is 10.2. The largest absolute Gasteiger partial charge is 0.462 e. The van der Waals surface area contributed by atoms with Gasteiger partial charge in [0.15, 0.2) is 0 Å². The lowest BCUT2D eigenvalue weighted by molar-refractivity contribution is -0.140. The summed E-state index contributed by atoms with van der Waals surface area (Å²) in [5.74, 6) is 2.03. The smallest absolute Gasteiger partial charge is 0.333 e. The van der Waals surface area contributed by atoms with Crippen molar-refractivity contribution in [2.75, 3.05) is 6.61 Å². The Morgan fingerprint density at radius 3 is 2.57 bits per heavy atom. The molecule has 3 fully saturated rings. The Hall–Kier alpha value is -1.05. The Morgan fingerprint density at radius 2 is 2.00 bits per heavy atom. The molecular weight excluding hydrogens is 260 g/mol. The van der Waals surface area contributed by atoms with Crippen molar-refractivity contribution < 1.29 is 9.53 Å². The van der Waals surface area contributed by atoms with Crippen molar-refractivity contribution in [3.05, 3.63) is 24.8 Å². The molecule has 2 heteroatoms.